The first-order chi connectivity index (χ1) is 10.6. The third-order valence-electron chi connectivity index (χ3n) is 2.92. The molecule has 6 heteroatoms. The lowest BCUT2D eigenvalue weighted by Crippen LogP contribution is -2.11. The van der Waals surface area contributed by atoms with Crippen LogP contribution < -0.4 is 5.32 Å². The Bertz CT molecular complexity index is 798. The van der Waals surface area contributed by atoms with Crippen molar-refractivity contribution in [3.8, 4) is 11.3 Å². The average Bonchev–Trinajstić information content (AvgIpc) is 2.95. The largest absolute Gasteiger partial charge is 0.298 e. The van der Waals surface area contributed by atoms with Gasteiger partial charge < -0.3 is 0 Å². The van der Waals surface area contributed by atoms with E-state index in [1.54, 1.807) is 18.2 Å². The molecule has 3 aromatic rings. The molecule has 0 atom stereocenters. The summed E-state index contributed by atoms with van der Waals surface area (Å²) in [6.07, 6.45) is 0. The summed E-state index contributed by atoms with van der Waals surface area (Å²) in [5.41, 5.74) is 2.23. The van der Waals surface area contributed by atoms with Gasteiger partial charge in [0.2, 0.25) is 0 Å². The number of thiazole rings is 1. The summed E-state index contributed by atoms with van der Waals surface area (Å²) in [4.78, 5) is 16.6. The van der Waals surface area contributed by atoms with Crippen LogP contribution in [0.2, 0.25) is 10.0 Å². The molecule has 1 aromatic heterocycles. The van der Waals surface area contributed by atoms with Gasteiger partial charge in [-0.15, -0.1) is 11.3 Å². The zero-order valence-corrected chi connectivity index (χ0v) is 13.5. The average molecular weight is 349 g/mol. The summed E-state index contributed by atoms with van der Waals surface area (Å²) in [6, 6.07) is 14.5. The van der Waals surface area contributed by atoms with Crippen LogP contribution in [0.15, 0.2) is 53.9 Å². The molecule has 0 unspecified atom stereocenters. The number of carbonyl (C=O) groups is 1. The molecule has 0 spiro atoms. The monoisotopic (exact) mass is 348 g/mol. The van der Waals surface area contributed by atoms with E-state index in [9.17, 15) is 4.79 Å². The molecular weight excluding hydrogens is 339 g/mol. The van der Waals surface area contributed by atoms with Crippen molar-refractivity contribution < 1.29 is 4.79 Å². The van der Waals surface area contributed by atoms with Crippen molar-refractivity contribution in [1.29, 1.82) is 0 Å². The number of amides is 1. The second-order valence-electron chi connectivity index (χ2n) is 4.52. The Morgan fingerprint density at radius 3 is 2.41 bits per heavy atom. The van der Waals surface area contributed by atoms with E-state index in [2.05, 4.69) is 10.3 Å². The Morgan fingerprint density at radius 2 is 1.73 bits per heavy atom. The summed E-state index contributed by atoms with van der Waals surface area (Å²) < 4.78 is 0. The first-order valence-corrected chi connectivity index (χ1v) is 8.04. The summed E-state index contributed by atoms with van der Waals surface area (Å²) in [7, 11) is 0. The minimum absolute atomic E-state index is 0.293. The molecule has 1 N–H and O–H groups in total. The molecule has 3 nitrogen and oxygen atoms in total. The van der Waals surface area contributed by atoms with Gasteiger partial charge in [-0.05, 0) is 18.2 Å². The third kappa shape index (κ3) is 3.47. The van der Waals surface area contributed by atoms with Crippen LogP contribution in [0, 0.1) is 0 Å². The van der Waals surface area contributed by atoms with Crippen LogP contribution in [0.4, 0.5) is 5.13 Å². The first-order valence-electron chi connectivity index (χ1n) is 6.40. The van der Waals surface area contributed by atoms with E-state index in [0.717, 1.165) is 11.3 Å². The van der Waals surface area contributed by atoms with Gasteiger partial charge in [0, 0.05) is 26.6 Å². The Labute approximate surface area is 141 Å². The van der Waals surface area contributed by atoms with Crippen LogP contribution in [0.25, 0.3) is 11.3 Å². The van der Waals surface area contributed by atoms with Gasteiger partial charge in [-0.1, -0.05) is 53.5 Å². The van der Waals surface area contributed by atoms with Crippen molar-refractivity contribution >= 4 is 45.6 Å². The quantitative estimate of drug-likeness (QED) is 0.691. The van der Waals surface area contributed by atoms with Gasteiger partial charge in [-0.25, -0.2) is 4.98 Å². The predicted molar refractivity (Wildman–Crippen MR) is 92.0 cm³/mol. The highest BCUT2D eigenvalue weighted by molar-refractivity contribution is 7.14. The van der Waals surface area contributed by atoms with Gasteiger partial charge in [-0.3, -0.25) is 10.1 Å². The van der Waals surface area contributed by atoms with Crippen molar-refractivity contribution in [3.05, 3.63) is 69.5 Å². The molecule has 0 fully saturated rings. The van der Waals surface area contributed by atoms with Gasteiger partial charge in [0.05, 0.1) is 5.69 Å². The van der Waals surface area contributed by atoms with E-state index >= 15 is 0 Å². The summed E-state index contributed by atoms with van der Waals surface area (Å²) >= 11 is 13.2. The van der Waals surface area contributed by atoms with E-state index < -0.39 is 0 Å². The summed E-state index contributed by atoms with van der Waals surface area (Å²) in [5.74, 6) is -0.293. The van der Waals surface area contributed by atoms with E-state index in [4.69, 9.17) is 23.2 Å². The number of hydrogen-bond acceptors (Lipinski definition) is 3. The van der Waals surface area contributed by atoms with E-state index in [1.165, 1.54) is 11.3 Å². The highest BCUT2D eigenvalue weighted by Crippen LogP contribution is 2.25. The van der Waals surface area contributed by atoms with Crippen LogP contribution >= 0.6 is 34.5 Å². The van der Waals surface area contributed by atoms with Crippen molar-refractivity contribution in [2.75, 3.05) is 5.32 Å². The van der Waals surface area contributed by atoms with E-state index in [1.807, 2.05) is 35.7 Å². The number of aromatic nitrogens is 1. The lowest BCUT2D eigenvalue weighted by molar-refractivity contribution is 0.102. The summed E-state index contributed by atoms with van der Waals surface area (Å²) in [6.45, 7) is 0. The number of rotatable bonds is 3. The second-order valence-corrected chi connectivity index (χ2v) is 6.25. The maximum atomic E-state index is 12.2. The fraction of sp³-hybridized carbons (Fsp3) is 0. The molecule has 0 aliphatic carbocycles. The van der Waals surface area contributed by atoms with Crippen LogP contribution in [-0.4, -0.2) is 10.9 Å². The van der Waals surface area contributed by atoms with Gasteiger partial charge in [0.15, 0.2) is 5.13 Å². The molecule has 0 aliphatic heterocycles. The molecule has 2 aromatic carbocycles. The van der Waals surface area contributed by atoms with E-state index in [-0.39, 0.29) is 5.91 Å². The molecule has 0 bridgehead atoms. The fourth-order valence-electron chi connectivity index (χ4n) is 1.93. The Balaban J connectivity index is 1.79. The van der Waals surface area contributed by atoms with Crippen molar-refractivity contribution in [3.63, 3.8) is 0 Å². The summed E-state index contributed by atoms with van der Waals surface area (Å²) in [5, 5.41) is 6.02. The van der Waals surface area contributed by atoms with E-state index in [0.29, 0.717) is 20.7 Å². The lowest BCUT2D eigenvalue weighted by Gasteiger charge is -2.03. The molecule has 0 aliphatic rings. The number of halogens is 2. The molecule has 0 saturated heterocycles. The highest BCUT2D eigenvalue weighted by atomic mass is 35.5. The third-order valence-corrected chi connectivity index (χ3v) is 4.11. The number of benzene rings is 2. The van der Waals surface area contributed by atoms with Gasteiger partial charge in [0.25, 0.3) is 5.91 Å². The molecular formula is C16H10Cl2N2OS. The molecule has 1 amide bonds. The van der Waals surface area contributed by atoms with Gasteiger partial charge in [-0.2, -0.15) is 0 Å². The fourth-order valence-corrected chi connectivity index (χ4v) is 3.17. The highest BCUT2D eigenvalue weighted by Gasteiger charge is 2.11. The zero-order valence-electron chi connectivity index (χ0n) is 11.2. The number of nitrogens with zero attached hydrogens (tertiary/aromatic N) is 1. The molecule has 22 heavy (non-hydrogen) atoms. The second kappa shape index (κ2) is 6.48. The minimum atomic E-state index is -0.293. The van der Waals surface area contributed by atoms with Gasteiger partial charge >= 0.3 is 0 Å². The molecule has 0 radical (unpaired) electrons. The van der Waals surface area contributed by atoms with Crippen molar-refractivity contribution in [2.24, 2.45) is 0 Å². The number of hydrogen-bond donors (Lipinski definition) is 1. The van der Waals surface area contributed by atoms with Crippen LogP contribution in [0.1, 0.15) is 10.4 Å². The maximum Gasteiger partial charge on any atom is 0.257 e. The number of nitrogens with one attached hydrogen (secondary N) is 1. The Kier molecular flexibility index (Phi) is 4.43. The lowest BCUT2D eigenvalue weighted by atomic mass is 10.2. The smallest absolute Gasteiger partial charge is 0.257 e. The normalized spacial score (nSPS) is 10.5. The maximum absolute atomic E-state index is 12.2. The molecule has 110 valence electrons. The van der Waals surface area contributed by atoms with Crippen molar-refractivity contribution in [2.45, 2.75) is 0 Å². The van der Waals surface area contributed by atoms with Crippen molar-refractivity contribution in [1.82, 2.24) is 4.98 Å². The molecule has 3 rings (SSSR count). The first kappa shape index (κ1) is 15.0. The Morgan fingerprint density at radius 1 is 1.05 bits per heavy atom. The predicted octanol–water partition coefficient (Wildman–Crippen LogP) is 5.37. The van der Waals surface area contributed by atoms with Crippen LogP contribution in [0.3, 0.4) is 0 Å². The molecule has 0 saturated carbocycles. The van der Waals surface area contributed by atoms with Crippen LogP contribution in [0.5, 0.6) is 0 Å². The standard InChI is InChI=1S/C16H10Cl2N2OS/c17-12-6-11(7-13(18)8-12)15(21)20-16-19-14(9-22-16)10-4-2-1-3-5-10/h1-9H,(H,19,20,21). The number of carbonyl (C=O) groups excluding carboxylic acids is 1. The SMILES string of the molecule is O=C(Nc1nc(-c2ccccc2)cs1)c1cc(Cl)cc(Cl)c1. The molecule has 1 heterocycles. The minimum Gasteiger partial charge on any atom is -0.298 e. The zero-order chi connectivity index (χ0) is 15.5. The van der Waals surface area contributed by atoms with Crippen LogP contribution in [-0.2, 0) is 0 Å². The number of anilines is 1. The topological polar surface area (TPSA) is 42.0 Å². The Hall–Kier alpha value is -1.88. The van der Waals surface area contributed by atoms with Gasteiger partial charge in [0.1, 0.15) is 0 Å².